The summed E-state index contributed by atoms with van der Waals surface area (Å²) >= 11 is 0. The van der Waals surface area contributed by atoms with Gasteiger partial charge in [0.05, 0.1) is 19.2 Å². The molecule has 2 amide bonds. The maximum Gasteiger partial charge on any atom is 0.316 e. The van der Waals surface area contributed by atoms with Crippen LogP contribution in [0.15, 0.2) is 66.9 Å². The number of amides is 2. The van der Waals surface area contributed by atoms with Gasteiger partial charge in [-0.2, -0.15) is 0 Å². The number of nitrogens with zero attached hydrogens (tertiary/aromatic N) is 3. The van der Waals surface area contributed by atoms with Crippen LogP contribution in [-0.2, 0) is 22.4 Å². The standard InChI is InChI=1S/C34H35FN4O5/c1-38-13-10-21(11-14-38)20-43-32-19-28-26(18-31(32)42-2)29(9-12-37-28)44-30-8-7-24(17-27(30)35)39(34(41)33(36)40)25-15-22-5-3-4-6-23(22)16-25/h3-9,12,17-19,21,25H,10-11,13-16,20H2,1-2H3,(H2,36,40). The van der Waals surface area contributed by atoms with Crippen LogP contribution in [0.1, 0.15) is 24.0 Å². The van der Waals surface area contributed by atoms with Gasteiger partial charge in [0.2, 0.25) is 0 Å². The first-order valence-electron chi connectivity index (χ1n) is 14.8. The molecule has 1 aliphatic heterocycles. The zero-order valence-electron chi connectivity index (χ0n) is 24.8. The van der Waals surface area contributed by atoms with Crippen molar-refractivity contribution in [3.8, 4) is 23.0 Å². The summed E-state index contributed by atoms with van der Waals surface area (Å²) in [5.41, 5.74) is 8.38. The second kappa shape index (κ2) is 12.5. The monoisotopic (exact) mass is 598 g/mol. The van der Waals surface area contributed by atoms with E-state index in [-0.39, 0.29) is 17.5 Å². The Kier molecular flexibility index (Phi) is 8.34. The van der Waals surface area contributed by atoms with Crippen molar-refractivity contribution in [3.05, 3.63) is 83.8 Å². The van der Waals surface area contributed by atoms with Crippen LogP contribution < -0.4 is 24.8 Å². The van der Waals surface area contributed by atoms with Crippen molar-refractivity contribution in [2.75, 3.05) is 38.8 Å². The molecule has 1 aliphatic carbocycles. The van der Waals surface area contributed by atoms with Crippen LogP contribution in [0, 0.1) is 11.7 Å². The van der Waals surface area contributed by atoms with Gasteiger partial charge in [-0.15, -0.1) is 0 Å². The van der Waals surface area contributed by atoms with E-state index >= 15 is 4.39 Å². The summed E-state index contributed by atoms with van der Waals surface area (Å²) in [7, 11) is 3.70. The molecule has 2 N–H and O–H groups in total. The number of rotatable bonds is 8. The molecule has 10 heteroatoms. The molecule has 4 aromatic rings. The van der Waals surface area contributed by atoms with E-state index in [1.54, 1.807) is 31.5 Å². The van der Waals surface area contributed by atoms with Crippen LogP contribution in [0.4, 0.5) is 10.1 Å². The lowest BCUT2D eigenvalue weighted by Crippen LogP contribution is -2.47. The number of methoxy groups -OCH3 is 1. The Balaban J connectivity index is 1.24. The van der Waals surface area contributed by atoms with Gasteiger partial charge in [0.25, 0.3) is 0 Å². The van der Waals surface area contributed by atoms with E-state index in [0.717, 1.165) is 37.1 Å². The quantitative estimate of drug-likeness (QED) is 0.288. The first-order chi connectivity index (χ1) is 21.3. The molecular formula is C34H35FN4O5. The number of pyridine rings is 1. The van der Waals surface area contributed by atoms with Crippen LogP contribution >= 0.6 is 0 Å². The van der Waals surface area contributed by atoms with Crippen molar-refractivity contribution >= 4 is 28.4 Å². The minimum Gasteiger partial charge on any atom is -0.493 e. The third kappa shape index (κ3) is 6.03. The van der Waals surface area contributed by atoms with Crippen molar-refractivity contribution in [1.29, 1.82) is 0 Å². The van der Waals surface area contributed by atoms with Gasteiger partial charge in [-0.3, -0.25) is 14.6 Å². The number of carbonyl (C=O) groups excluding carboxylic acids is 2. The van der Waals surface area contributed by atoms with Crippen molar-refractivity contribution in [1.82, 2.24) is 9.88 Å². The molecule has 1 aromatic heterocycles. The number of hydrogen-bond donors (Lipinski definition) is 1. The van der Waals surface area contributed by atoms with Gasteiger partial charge < -0.3 is 29.7 Å². The number of primary amides is 1. The lowest BCUT2D eigenvalue weighted by atomic mass is 9.98. The third-order valence-corrected chi connectivity index (χ3v) is 8.54. The van der Waals surface area contributed by atoms with Gasteiger partial charge in [-0.05, 0) is 87.1 Å². The summed E-state index contributed by atoms with van der Waals surface area (Å²) in [4.78, 5) is 33.0. The Morgan fingerprint density at radius 2 is 1.70 bits per heavy atom. The molecule has 9 nitrogen and oxygen atoms in total. The molecule has 44 heavy (non-hydrogen) atoms. The summed E-state index contributed by atoms with van der Waals surface area (Å²) in [5, 5.41) is 0.619. The second-order valence-electron chi connectivity index (χ2n) is 11.5. The van der Waals surface area contributed by atoms with E-state index in [1.165, 1.54) is 17.0 Å². The minimum absolute atomic E-state index is 0.0519. The van der Waals surface area contributed by atoms with E-state index in [2.05, 4.69) is 16.9 Å². The number of aromatic nitrogens is 1. The predicted octanol–water partition coefficient (Wildman–Crippen LogP) is 4.88. The van der Waals surface area contributed by atoms with Crippen molar-refractivity contribution in [2.45, 2.75) is 31.7 Å². The molecule has 1 fully saturated rings. The largest absolute Gasteiger partial charge is 0.493 e. The first-order valence-corrected chi connectivity index (χ1v) is 14.8. The highest BCUT2D eigenvalue weighted by atomic mass is 19.1. The number of nitrogens with two attached hydrogens (primary N) is 1. The van der Waals surface area contributed by atoms with E-state index in [9.17, 15) is 9.59 Å². The molecule has 0 atom stereocenters. The van der Waals surface area contributed by atoms with E-state index in [1.807, 2.05) is 30.3 Å². The molecule has 6 rings (SSSR count). The Labute approximate surface area is 255 Å². The highest BCUT2D eigenvalue weighted by Crippen LogP contribution is 2.39. The number of benzene rings is 3. The third-order valence-electron chi connectivity index (χ3n) is 8.54. The Morgan fingerprint density at radius 1 is 0.977 bits per heavy atom. The fourth-order valence-corrected chi connectivity index (χ4v) is 6.10. The van der Waals surface area contributed by atoms with E-state index in [4.69, 9.17) is 19.9 Å². The minimum atomic E-state index is -1.10. The molecule has 3 aromatic carbocycles. The summed E-state index contributed by atoms with van der Waals surface area (Å²) in [5.74, 6) is -0.786. The fraction of sp³-hybridized carbons (Fsp3) is 0.324. The van der Waals surface area contributed by atoms with Gasteiger partial charge in [0, 0.05) is 35.4 Å². The molecule has 2 aliphatic rings. The number of halogens is 1. The number of anilines is 1. The van der Waals surface area contributed by atoms with Crippen molar-refractivity contribution in [2.24, 2.45) is 11.7 Å². The number of fused-ring (bicyclic) bond motifs is 2. The Morgan fingerprint density at radius 3 is 2.36 bits per heavy atom. The predicted molar refractivity (Wildman–Crippen MR) is 165 cm³/mol. The number of likely N-dealkylation sites (tertiary alicyclic amines) is 1. The van der Waals surface area contributed by atoms with Gasteiger partial charge in [0.1, 0.15) is 5.75 Å². The average Bonchev–Trinajstić information content (AvgIpc) is 3.45. The lowest BCUT2D eigenvalue weighted by molar-refractivity contribution is -0.135. The molecule has 0 bridgehead atoms. The highest BCUT2D eigenvalue weighted by Gasteiger charge is 2.33. The maximum absolute atomic E-state index is 15.6. The lowest BCUT2D eigenvalue weighted by Gasteiger charge is -2.28. The topological polar surface area (TPSA) is 107 Å². The van der Waals surface area contributed by atoms with Crippen molar-refractivity contribution < 1.29 is 28.2 Å². The summed E-state index contributed by atoms with van der Waals surface area (Å²) < 4.78 is 33.4. The van der Waals surface area contributed by atoms with Gasteiger partial charge >= 0.3 is 11.8 Å². The number of piperidine rings is 1. The molecule has 0 radical (unpaired) electrons. The van der Waals surface area contributed by atoms with Crippen LogP contribution in [-0.4, -0.2) is 61.6 Å². The molecule has 0 spiro atoms. The summed E-state index contributed by atoms with van der Waals surface area (Å²) in [6.45, 7) is 2.69. The van der Waals surface area contributed by atoms with Crippen molar-refractivity contribution in [3.63, 3.8) is 0 Å². The molecule has 0 saturated carbocycles. The van der Waals surface area contributed by atoms with Gasteiger partial charge in [-0.25, -0.2) is 4.39 Å². The Hall–Kier alpha value is -4.70. The molecule has 1 saturated heterocycles. The fourth-order valence-electron chi connectivity index (χ4n) is 6.10. The summed E-state index contributed by atoms with van der Waals surface area (Å²) in [6, 6.07) is 16.9. The number of hydrogen-bond acceptors (Lipinski definition) is 7. The molecular weight excluding hydrogens is 563 g/mol. The normalized spacial score (nSPS) is 15.6. The molecule has 0 unspecified atom stereocenters. The molecule has 2 heterocycles. The molecule has 228 valence electrons. The SMILES string of the molecule is COc1cc2c(Oc3ccc(N(C(=O)C(N)=O)C4Cc5ccccc5C4)cc3F)ccnc2cc1OCC1CCN(C)CC1. The van der Waals surface area contributed by atoms with E-state index in [0.29, 0.717) is 53.5 Å². The average molecular weight is 599 g/mol. The summed E-state index contributed by atoms with van der Waals surface area (Å²) in [6.07, 6.45) is 4.81. The van der Waals surface area contributed by atoms with Gasteiger partial charge in [-0.1, -0.05) is 24.3 Å². The number of ether oxygens (including phenoxy) is 3. The smallest absolute Gasteiger partial charge is 0.316 e. The van der Waals surface area contributed by atoms with E-state index < -0.39 is 17.6 Å². The maximum atomic E-state index is 15.6. The first kappa shape index (κ1) is 29.4. The zero-order chi connectivity index (χ0) is 30.8. The van der Waals surface area contributed by atoms with Crippen LogP contribution in [0.3, 0.4) is 0 Å². The zero-order valence-corrected chi connectivity index (χ0v) is 24.8. The van der Waals surface area contributed by atoms with Crippen LogP contribution in [0.25, 0.3) is 10.9 Å². The van der Waals surface area contributed by atoms with Crippen LogP contribution in [0.5, 0.6) is 23.0 Å². The van der Waals surface area contributed by atoms with Gasteiger partial charge in [0.15, 0.2) is 23.1 Å². The Bertz CT molecular complexity index is 1680. The van der Waals surface area contributed by atoms with Crippen LogP contribution in [0.2, 0.25) is 0 Å². The number of carbonyl (C=O) groups is 2. The second-order valence-corrected chi connectivity index (χ2v) is 11.5. The highest BCUT2D eigenvalue weighted by molar-refractivity contribution is 6.40.